The Morgan fingerprint density at radius 3 is 2.26 bits per heavy atom. The minimum Gasteiger partial charge on any atom is -0.497 e. The minimum atomic E-state index is 0.0585. The van der Waals surface area contributed by atoms with Gasteiger partial charge in [-0.1, -0.05) is 17.7 Å². The molecule has 0 amide bonds. The first kappa shape index (κ1) is 13.1. The van der Waals surface area contributed by atoms with Crippen LogP contribution in [0.3, 0.4) is 0 Å². The molecule has 19 heavy (non-hydrogen) atoms. The number of rotatable bonds is 5. The summed E-state index contributed by atoms with van der Waals surface area (Å²) in [5.74, 6) is 0.811. The second kappa shape index (κ2) is 6.05. The molecule has 0 fully saturated rings. The van der Waals surface area contributed by atoms with Gasteiger partial charge in [0, 0.05) is 11.3 Å². The molecule has 0 spiro atoms. The Morgan fingerprint density at radius 1 is 1.05 bits per heavy atom. The summed E-state index contributed by atoms with van der Waals surface area (Å²) in [5, 5.41) is 3.12. The van der Waals surface area contributed by atoms with E-state index in [1.54, 1.807) is 31.4 Å². The number of ketones is 1. The lowest BCUT2D eigenvalue weighted by Gasteiger charge is -2.06. The van der Waals surface area contributed by atoms with Crippen molar-refractivity contribution in [2.75, 3.05) is 19.0 Å². The molecule has 2 rings (SSSR count). The molecule has 0 saturated heterocycles. The first-order chi connectivity index (χ1) is 9.19. The third-order valence-corrected chi connectivity index (χ3v) is 2.92. The van der Waals surface area contributed by atoms with Crippen LogP contribution < -0.4 is 10.1 Å². The number of Topliss-reactive ketones (excluding diaryl/α,β-unsaturated/α-hetero) is 1. The maximum Gasteiger partial charge on any atom is 0.181 e. The molecule has 0 radical (unpaired) electrons. The monoisotopic (exact) mass is 255 g/mol. The van der Waals surface area contributed by atoms with E-state index >= 15 is 0 Å². The van der Waals surface area contributed by atoms with Crippen molar-refractivity contribution in [1.29, 1.82) is 0 Å². The topological polar surface area (TPSA) is 38.3 Å². The van der Waals surface area contributed by atoms with Gasteiger partial charge in [-0.2, -0.15) is 0 Å². The predicted molar refractivity (Wildman–Crippen MR) is 77.0 cm³/mol. The fourth-order valence-corrected chi connectivity index (χ4v) is 1.73. The highest BCUT2D eigenvalue weighted by Crippen LogP contribution is 2.13. The van der Waals surface area contributed by atoms with E-state index in [-0.39, 0.29) is 12.3 Å². The quantitative estimate of drug-likeness (QED) is 0.833. The van der Waals surface area contributed by atoms with Crippen molar-refractivity contribution in [3.8, 4) is 5.75 Å². The van der Waals surface area contributed by atoms with Gasteiger partial charge in [0.05, 0.1) is 13.7 Å². The molecule has 0 aliphatic carbocycles. The van der Waals surface area contributed by atoms with Gasteiger partial charge in [0.1, 0.15) is 5.75 Å². The van der Waals surface area contributed by atoms with Gasteiger partial charge in [0.25, 0.3) is 0 Å². The highest BCUT2D eigenvalue weighted by atomic mass is 16.5. The predicted octanol–water partition coefficient (Wildman–Crippen LogP) is 3.30. The molecular formula is C16H17NO2. The Hall–Kier alpha value is -2.29. The first-order valence-corrected chi connectivity index (χ1v) is 6.17. The second-order valence-electron chi connectivity index (χ2n) is 4.37. The molecule has 0 heterocycles. The normalized spacial score (nSPS) is 10.0. The molecule has 3 heteroatoms. The Balaban J connectivity index is 1.95. The Bertz CT molecular complexity index is 544. The summed E-state index contributed by atoms with van der Waals surface area (Å²) in [7, 11) is 1.61. The van der Waals surface area contributed by atoms with Gasteiger partial charge in [0.2, 0.25) is 0 Å². The van der Waals surface area contributed by atoms with Gasteiger partial charge in [-0.3, -0.25) is 4.79 Å². The summed E-state index contributed by atoms with van der Waals surface area (Å²) in [4.78, 5) is 12.0. The van der Waals surface area contributed by atoms with Crippen LogP contribution in [0.4, 0.5) is 5.69 Å². The number of anilines is 1. The molecule has 0 aliphatic rings. The molecule has 0 bridgehead atoms. The van der Waals surface area contributed by atoms with Gasteiger partial charge < -0.3 is 10.1 Å². The van der Waals surface area contributed by atoms with Crippen LogP contribution in [0.1, 0.15) is 15.9 Å². The highest BCUT2D eigenvalue weighted by molar-refractivity contribution is 5.99. The molecule has 2 aromatic carbocycles. The van der Waals surface area contributed by atoms with E-state index in [0.29, 0.717) is 5.56 Å². The Morgan fingerprint density at radius 2 is 1.68 bits per heavy atom. The molecular weight excluding hydrogens is 238 g/mol. The van der Waals surface area contributed by atoms with E-state index in [2.05, 4.69) is 5.32 Å². The number of carbonyl (C=O) groups excluding carboxylic acids is 1. The minimum absolute atomic E-state index is 0.0585. The molecule has 0 atom stereocenters. The Kier molecular flexibility index (Phi) is 4.18. The van der Waals surface area contributed by atoms with Crippen molar-refractivity contribution in [2.45, 2.75) is 6.92 Å². The zero-order valence-electron chi connectivity index (χ0n) is 11.1. The van der Waals surface area contributed by atoms with Crippen LogP contribution in [0.15, 0.2) is 48.5 Å². The van der Waals surface area contributed by atoms with E-state index in [4.69, 9.17) is 4.74 Å². The lowest BCUT2D eigenvalue weighted by Crippen LogP contribution is -2.13. The number of ether oxygens (including phenoxy) is 1. The lowest BCUT2D eigenvalue weighted by molar-refractivity contribution is 0.101. The SMILES string of the molecule is COc1ccc(C(=O)CNc2ccc(C)cc2)cc1. The summed E-state index contributed by atoms with van der Waals surface area (Å²) in [5.41, 5.74) is 2.83. The molecule has 3 nitrogen and oxygen atoms in total. The van der Waals surface area contributed by atoms with E-state index in [9.17, 15) is 4.79 Å². The van der Waals surface area contributed by atoms with Gasteiger partial charge in [-0.15, -0.1) is 0 Å². The summed E-state index contributed by atoms with van der Waals surface area (Å²) >= 11 is 0. The van der Waals surface area contributed by atoms with Crippen molar-refractivity contribution in [1.82, 2.24) is 0 Å². The molecule has 0 aliphatic heterocycles. The van der Waals surface area contributed by atoms with E-state index in [0.717, 1.165) is 11.4 Å². The number of aryl methyl sites for hydroxylation is 1. The van der Waals surface area contributed by atoms with E-state index < -0.39 is 0 Å². The summed E-state index contributed by atoms with van der Waals surface area (Å²) in [6, 6.07) is 15.1. The highest BCUT2D eigenvalue weighted by Gasteiger charge is 2.05. The van der Waals surface area contributed by atoms with Gasteiger partial charge in [-0.25, -0.2) is 0 Å². The zero-order chi connectivity index (χ0) is 13.7. The number of hydrogen-bond acceptors (Lipinski definition) is 3. The maximum absolute atomic E-state index is 12.0. The number of methoxy groups -OCH3 is 1. The van der Waals surface area contributed by atoms with E-state index in [1.165, 1.54) is 5.56 Å². The number of carbonyl (C=O) groups is 1. The lowest BCUT2D eigenvalue weighted by atomic mass is 10.1. The van der Waals surface area contributed by atoms with E-state index in [1.807, 2.05) is 31.2 Å². The first-order valence-electron chi connectivity index (χ1n) is 6.17. The number of nitrogens with one attached hydrogen (secondary N) is 1. The molecule has 0 unspecified atom stereocenters. The largest absolute Gasteiger partial charge is 0.497 e. The van der Waals surface area contributed by atoms with Gasteiger partial charge in [-0.05, 0) is 43.3 Å². The molecule has 0 aromatic heterocycles. The summed E-state index contributed by atoms with van der Waals surface area (Å²) < 4.78 is 5.06. The van der Waals surface area contributed by atoms with Crippen molar-refractivity contribution < 1.29 is 9.53 Å². The number of benzene rings is 2. The second-order valence-corrected chi connectivity index (χ2v) is 4.37. The van der Waals surface area contributed by atoms with Crippen molar-refractivity contribution >= 4 is 11.5 Å². The summed E-state index contributed by atoms with van der Waals surface area (Å²) in [6.07, 6.45) is 0. The van der Waals surface area contributed by atoms with Crippen LogP contribution >= 0.6 is 0 Å². The zero-order valence-corrected chi connectivity index (χ0v) is 11.1. The fourth-order valence-electron chi connectivity index (χ4n) is 1.73. The van der Waals surface area contributed by atoms with Gasteiger partial charge >= 0.3 is 0 Å². The van der Waals surface area contributed by atoms with Crippen LogP contribution in [0.2, 0.25) is 0 Å². The molecule has 98 valence electrons. The number of hydrogen-bond donors (Lipinski definition) is 1. The standard InChI is InChI=1S/C16H17NO2/c1-12-3-7-14(8-4-12)17-11-16(18)13-5-9-15(19-2)10-6-13/h3-10,17H,11H2,1-2H3. The summed E-state index contributed by atoms with van der Waals surface area (Å²) in [6.45, 7) is 2.32. The van der Waals surface area contributed by atoms with Crippen LogP contribution in [0.25, 0.3) is 0 Å². The van der Waals surface area contributed by atoms with Crippen LogP contribution in [0.5, 0.6) is 5.75 Å². The molecule has 0 saturated carbocycles. The average Bonchev–Trinajstić information content (AvgIpc) is 2.46. The smallest absolute Gasteiger partial charge is 0.181 e. The van der Waals surface area contributed by atoms with Gasteiger partial charge in [0.15, 0.2) is 5.78 Å². The molecule has 1 N–H and O–H groups in total. The third kappa shape index (κ3) is 3.58. The maximum atomic E-state index is 12.0. The third-order valence-electron chi connectivity index (χ3n) is 2.92. The van der Waals surface area contributed by atoms with Crippen LogP contribution in [-0.2, 0) is 0 Å². The van der Waals surface area contributed by atoms with Crippen molar-refractivity contribution in [2.24, 2.45) is 0 Å². The van der Waals surface area contributed by atoms with Crippen LogP contribution in [0, 0.1) is 6.92 Å². The molecule has 2 aromatic rings. The van der Waals surface area contributed by atoms with Crippen molar-refractivity contribution in [3.05, 3.63) is 59.7 Å². The van der Waals surface area contributed by atoms with Crippen LogP contribution in [-0.4, -0.2) is 19.4 Å². The average molecular weight is 255 g/mol. The Labute approximate surface area is 113 Å². The fraction of sp³-hybridized carbons (Fsp3) is 0.188. The van der Waals surface area contributed by atoms with Crippen molar-refractivity contribution in [3.63, 3.8) is 0 Å².